The molecule has 2 N–H and O–H groups in total. The van der Waals surface area contributed by atoms with E-state index in [9.17, 15) is 0 Å². The second-order valence-corrected chi connectivity index (χ2v) is 5.33. The topological polar surface area (TPSA) is 49.9 Å². The number of hydrogen-bond donors (Lipinski definition) is 2. The summed E-state index contributed by atoms with van der Waals surface area (Å²) >= 11 is 0. The summed E-state index contributed by atoms with van der Waals surface area (Å²) in [4.78, 5) is 7.95. The van der Waals surface area contributed by atoms with Gasteiger partial charge in [-0.2, -0.15) is 0 Å². The zero-order valence-corrected chi connectivity index (χ0v) is 15.3. The van der Waals surface area contributed by atoms with E-state index >= 15 is 0 Å². The lowest BCUT2D eigenvalue weighted by atomic mass is 10.2. The Morgan fingerprint density at radius 2 is 1.79 bits per heavy atom. The van der Waals surface area contributed by atoms with Crippen molar-refractivity contribution in [1.29, 1.82) is 0 Å². The zero-order chi connectivity index (χ0) is 15.2. The van der Waals surface area contributed by atoms with Crippen LogP contribution >= 0.6 is 24.8 Å². The molecule has 3 aromatic rings. The number of nitrogens with one attached hydrogen (secondary N) is 2. The highest BCUT2D eigenvalue weighted by molar-refractivity contribution is 5.85. The smallest absolute Gasteiger partial charge is 0.118 e. The van der Waals surface area contributed by atoms with E-state index in [1.165, 1.54) is 5.56 Å². The van der Waals surface area contributed by atoms with Crippen LogP contribution in [-0.4, -0.2) is 23.6 Å². The molecule has 0 unspecified atom stereocenters. The number of aryl methyl sites for hydroxylation is 1. The van der Waals surface area contributed by atoms with Crippen LogP contribution in [0.25, 0.3) is 11.0 Å². The van der Waals surface area contributed by atoms with Crippen molar-refractivity contribution in [3.05, 3.63) is 59.9 Å². The Labute approximate surface area is 154 Å². The van der Waals surface area contributed by atoms with Crippen molar-refractivity contribution < 1.29 is 4.74 Å². The number of ether oxygens (including phenoxy) is 1. The van der Waals surface area contributed by atoms with Gasteiger partial charge in [0, 0.05) is 13.0 Å². The van der Waals surface area contributed by atoms with E-state index in [1.54, 1.807) is 7.11 Å². The van der Waals surface area contributed by atoms with Gasteiger partial charge in [-0.3, -0.25) is 0 Å². The SMILES string of the molecule is COc1ccc(CNCCCc2nc3ccccc3[nH]2)cc1.Cl.Cl. The van der Waals surface area contributed by atoms with Crippen molar-refractivity contribution in [3.63, 3.8) is 0 Å². The van der Waals surface area contributed by atoms with Crippen LogP contribution in [0.15, 0.2) is 48.5 Å². The van der Waals surface area contributed by atoms with E-state index in [0.29, 0.717) is 0 Å². The van der Waals surface area contributed by atoms with Gasteiger partial charge >= 0.3 is 0 Å². The number of H-pyrrole nitrogens is 1. The van der Waals surface area contributed by atoms with Crippen LogP contribution in [0, 0.1) is 0 Å². The van der Waals surface area contributed by atoms with Crippen LogP contribution in [0.3, 0.4) is 0 Å². The molecule has 0 spiro atoms. The summed E-state index contributed by atoms with van der Waals surface area (Å²) in [5, 5.41) is 3.46. The van der Waals surface area contributed by atoms with E-state index < -0.39 is 0 Å². The summed E-state index contributed by atoms with van der Waals surface area (Å²) in [6, 6.07) is 16.3. The molecule has 0 saturated heterocycles. The first-order valence-electron chi connectivity index (χ1n) is 7.62. The maximum absolute atomic E-state index is 5.16. The molecule has 1 aromatic heterocycles. The first-order valence-corrected chi connectivity index (χ1v) is 7.62. The normalized spacial score (nSPS) is 10.0. The van der Waals surface area contributed by atoms with Gasteiger partial charge < -0.3 is 15.0 Å². The largest absolute Gasteiger partial charge is 0.497 e. The van der Waals surface area contributed by atoms with Crippen LogP contribution in [0.1, 0.15) is 17.8 Å². The summed E-state index contributed by atoms with van der Waals surface area (Å²) in [5.41, 5.74) is 3.43. The van der Waals surface area contributed by atoms with Gasteiger partial charge in [0.15, 0.2) is 0 Å². The summed E-state index contributed by atoms with van der Waals surface area (Å²) in [7, 11) is 1.69. The van der Waals surface area contributed by atoms with Crippen molar-refractivity contribution in [2.24, 2.45) is 0 Å². The van der Waals surface area contributed by atoms with E-state index in [4.69, 9.17) is 4.74 Å². The quantitative estimate of drug-likeness (QED) is 0.617. The molecular formula is C18H23Cl2N3O. The van der Waals surface area contributed by atoms with Gasteiger partial charge in [-0.05, 0) is 42.8 Å². The Hall–Kier alpha value is -1.75. The summed E-state index contributed by atoms with van der Waals surface area (Å²) in [6.45, 7) is 1.85. The molecule has 0 aliphatic heterocycles. The van der Waals surface area contributed by atoms with Gasteiger partial charge in [-0.15, -0.1) is 24.8 Å². The average Bonchev–Trinajstić information content (AvgIpc) is 2.98. The fourth-order valence-electron chi connectivity index (χ4n) is 2.48. The van der Waals surface area contributed by atoms with Crippen LogP contribution < -0.4 is 10.1 Å². The molecule has 0 saturated carbocycles. The lowest BCUT2D eigenvalue weighted by Crippen LogP contribution is -2.15. The predicted octanol–water partition coefficient (Wildman–Crippen LogP) is 4.14. The minimum absolute atomic E-state index is 0. The van der Waals surface area contributed by atoms with Gasteiger partial charge in [-0.1, -0.05) is 24.3 Å². The Bertz CT molecular complexity index is 695. The molecule has 3 rings (SSSR count). The Kier molecular flexibility index (Phi) is 8.61. The molecule has 0 fully saturated rings. The second kappa shape index (κ2) is 10.2. The van der Waals surface area contributed by atoms with Crippen LogP contribution in [0.2, 0.25) is 0 Å². The minimum Gasteiger partial charge on any atom is -0.497 e. The van der Waals surface area contributed by atoms with Crippen molar-refractivity contribution >= 4 is 35.8 Å². The van der Waals surface area contributed by atoms with Crippen molar-refractivity contribution in [3.8, 4) is 5.75 Å². The molecule has 0 aliphatic rings. The van der Waals surface area contributed by atoms with Crippen molar-refractivity contribution in [2.75, 3.05) is 13.7 Å². The first-order chi connectivity index (χ1) is 10.8. The number of aromatic nitrogens is 2. The molecule has 0 bridgehead atoms. The number of aromatic amines is 1. The highest BCUT2D eigenvalue weighted by Gasteiger charge is 2.01. The molecule has 0 atom stereocenters. The highest BCUT2D eigenvalue weighted by atomic mass is 35.5. The van der Waals surface area contributed by atoms with Crippen molar-refractivity contribution in [2.45, 2.75) is 19.4 Å². The average molecular weight is 368 g/mol. The van der Waals surface area contributed by atoms with E-state index in [2.05, 4.69) is 33.5 Å². The molecule has 0 amide bonds. The molecule has 6 heteroatoms. The Morgan fingerprint density at radius 3 is 2.50 bits per heavy atom. The molecule has 24 heavy (non-hydrogen) atoms. The van der Waals surface area contributed by atoms with Gasteiger partial charge in [0.2, 0.25) is 0 Å². The molecule has 4 nitrogen and oxygen atoms in total. The minimum atomic E-state index is 0. The molecule has 0 aliphatic carbocycles. The first kappa shape index (κ1) is 20.3. The number of halogens is 2. The van der Waals surface area contributed by atoms with Crippen LogP contribution in [-0.2, 0) is 13.0 Å². The van der Waals surface area contributed by atoms with Crippen molar-refractivity contribution in [1.82, 2.24) is 15.3 Å². The van der Waals surface area contributed by atoms with Crippen LogP contribution in [0.4, 0.5) is 0 Å². The van der Waals surface area contributed by atoms with E-state index in [1.807, 2.05) is 30.3 Å². The fraction of sp³-hybridized carbons (Fsp3) is 0.278. The maximum Gasteiger partial charge on any atom is 0.118 e. The number of methoxy groups -OCH3 is 1. The molecule has 130 valence electrons. The lowest BCUT2D eigenvalue weighted by Gasteiger charge is -2.05. The summed E-state index contributed by atoms with van der Waals surface area (Å²) < 4.78 is 5.16. The van der Waals surface area contributed by atoms with Gasteiger partial charge in [0.05, 0.1) is 18.1 Å². The van der Waals surface area contributed by atoms with Gasteiger partial charge in [-0.25, -0.2) is 4.98 Å². The number of hydrogen-bond acceptors (Lipinski definition) is 3. The maximum atomic E-state index is 5.16. The number of para-hydroxylation sites is 2. The molecule has 1 heterocycles. The number of imidazole rings is 1. The molecule has 2 aromatic carbocycles. The third kappa shape index (κ3) is 5.41. The van der Waals surface area contributed by atoms with Gasteiger partial charge in [0.1, 0.15) is 11.6 Å². The third-order valence-corrected chi connectivity index (χ3v) is 3.69. The second-order valence-electron chi connectivity index (χ2n) is 5.33. The number of nitrogens with zero attached hydrogens (tertiary/aromatic N) is 1. The van der Waals surface area contributed by atoms with Gasteiger partial charge in [0.25, 0.3) is 0 Å². The molecule has 0 radical (unpaired) electrons. The monoisotopic (exact) mass is 367 g/mol. The summed E-state index contributed by atoms with van der Waals surface area (Å²) in [6.07, 6.45) is 2.03. The standard InChI is InChI=1S/C18H21N3O.2ClH/c1-22-15-10-8-14(9-11-15)13-19-12-4-7-18-20-16-5-2-3-6-17(16)21-18;;/h2-3,5-6,8-11,19H,4,7,12-13H2,1H3,(H,20,21);2*1H. The Morgan fingerprint density at radius 1 is 1.04 bits per heavy atom. The lowest BCUT2D eigenvalue weighted by molar-refractivity contribution is 0.414. The summed E-state index contributed by atoms with van der Waals surface area (Å²) in [5.74, 6) is 1.96. The fourth-order valence-corrected chi connectivity index (χ4v) is 2.48. The molecular weight excluding hydrogens is 345 g/mol. The van der Waals surface area contributed by atoms with E-state index in [-0.39, 0.29) is 24.8 Å². The van der Waals surface area contributed by atoms with E-state index in [0.717, 1.165) is 48.5 Å². The number of benzene rings is 2. The number of fused-ring (bicyclic) bond motifs is 1. The van der Waals surface area contributed by atoms with Crippen LogP contribution in [0.5, 0.6) is 5.75 Å². The Balaban J connectivity index is 0.00000144. The predicted molar refractivity (Wildman–Crippen MR) is 104 cm³/mol. The third-order valence-electron chi connectivity index (χ3n) is 3.69. The highest BCUT2D eigenvalue weighted by Crippen LogP contribution is 2.12. The zero-order valence-electron chi connectivity index (χ0n) is 13.6. The number of rotatable bonds is 7.